The SMILES string of the molecule is O=C(CC1CNc2ccccc21)N1CC(O)C1. The molecule has 17 heavy (non-hydrogen) atoms. The van der Waals surface area contributed by atoms with E-state index in [9.17, 15) is 9.90 Å². The minimum Gasteiger partial charge on any atom is -0.389 e. The minimum absolute atomic E-state index is 0.152. The van der Waals surface area contributed by atoms with Crippen molar-refractivity contribution in [3.63, 3.8) is 0 Å². The predicted molar refractivity (Wildman–Crippen MR) is 64.9 cm³/mol. The van der Waals surface area contributed by atoms with Gasteiger partial charge in [-0.3, -0.25) is 4.79 Å². The van der Waals surface area contributed by atoms with Crippen LogP contribution in [0.3, 0.4) is 0 Å². The average molecular weight is 232 g/mol. The van der Waals surface area contributed by atoms with E-state index in [0.717, 1.165) is 12.2 Å². The van der Waals surface area contributed by atoms with E-state index >= 15 is 0 Å². The number of nitrogens with one attached hydrogen (secondary N) is 1. The lowest BCUT2D eigenvalue weighted by atomic mass is 9.96. The van der Waals surface area contributed by atoms with E-state index < -0.39 is 0 Å². The van der Waals surface area contributed by atoms with Crippen molar-refractivity contribution in [2.45, 2.75) is 18.4 Å². The Morgan fingerprint density at radius 1 is 1.41 bits per heavy atom. The van der Waals surface area contributed by atoms with Crippen molar-refractivity contribution in [1.82, 2.24) is 4.90 Å². The molecule has 1 amide bonds. The number of nitrogens with zero attached hydrogens (tertiary/aromatic N) is 1. The second-order valence-electron chi connectivity index (χ2n) is 4.82. The molecule has 1 aromatic carbocycles. The van der Waals surface area contributed by atoms with Gasteiger partial charge in [0.2, 0.25) is 5.91 Å². The van der Waals surface area contributed by atoms with Crippen LogP contribution in [-0.2, 0) is 4.79 Å². The van der Waals surface area contributed by atoms with Crippen molar-refractivity contribution in [3.8, 4) is 0 Å². The van der Waals surface area contributed by atoms with Crippen molar-refractivity contribution in [1.29, 1.82) is 0 Å². The fraction of sp³-hybridized carbons (Fsp3) is 0.462. The summed E-state index contributed by atoms with van der Waals surface area (Å²) in [7, 11) is 0. The molecule has 1 aromatic rings. The Bertz CT molecular complexity index is 441. The van der Waals surface area contributed by atoms with E-state index in [1.165, 1.54) is 5.56 Å². The molecule has 1 saturated heterocycles. The Kier molecular flexibility index (Phi) is 2.52. The highest BCUT2D eigenvalue weighted by molar-refractivity contribution is 5.79. The molecule has 4 nitrogen and oxygen atoms in total. The number of hydrogen-bond donors (Lipinski definition) is 2. The van der Waals surface area contributed by atoms with Gasteiger partial charge in [0.1, 0.15) is 0 Å². The molecule has 0 radical (unpaired) electrons. The number of hydrogen-bond acceptors (Lipinski definition) is 3. The van der Waals surface area contributed by atoms with Gasteiger partial charge in [-0.15, -0.1) is 0 Å². The van der Waals surface area contributed by atoms with Crippen LogP contribution in [0.4, 0.5) is 5.69 Å². The van der Waals surface area contributed by atoms with Gasteiger partial charge in [0, 0.05) is 37.7 Å². The van der Waals surface area contributed by atoms with Crippen molar-refractivity contribution in [2.75, 3.05) is 25.0 Å². The summed E-state index contributed by atoms with van der Waals surface area (Å²) in [4.78, 5) is 13.7. The molecule has 3 rings (SSSR count). The second kappa shape index (κ2) is 4.04. The summed E-state index contributed by atoms with van der Waals surface area (Å²) in [5.74, 6) is 0.426. The van der Waals surface area contributed by atoms with Crippen LogP contribution in [0.15, 0.2) is 24.3 Å². The quantitative estimate of drug-likeness (QED) is 0.792. The van der Waals surface area contributed by atoms with Crippen LogP contribution in [0.25, 0.3) is 0 Å². The summed E-state index contributed by atoms with van der Waals surface area (Å²) in [6.45, 7) is 1.84. The zero-order valence-electron chi connectivity index (χ0n) is 9.60. The fourth-order valence-corrected chi connectivity index (χ4v) is 2.54. The van der Waals surface area contributed by atoms with Crippen molar-refractivity contribution in [2.24, 2.45) is 0 Å². The molecule has 1 atom stereocenters. The van der Waals surface area contributed by atoms with Crippen molar-refractivity contribution in [3.05, 3.63) is 29.8 Å². The molecule has 0 bridgehead atoms. The summed E-state index contributed by atoms with van der Waals surface area (Å²) in [6, 6.07) is 8.14. The summed E-state index contributed by atoms with van der Waals surface area (Å²) in [6.07, 6.45) is 0.226. The highest BCUT2D eigenvalue weighted by Crippen LogP contribution is 2.33. The van der Waals surface area contributed by atoms with Crippen LogP contribution in [0.2, 0.25) is 0 Å². The van der Waals surface area contributed by atoms with Crippen LogP contribution in [0, 0.1) is 0 Å². The van der Waals surface area contributed by atoms with Crippen molar-refractivity contribution >= 4 is 11.6 Å². The van der Waals surface area contributed by atoms with Crippen LogP contribution < -0.4 is 5.32 Å². The molecule has 2 aliphatic rings. The summed E-state index contributed by atoms with van der Waals surface area (Å²) >= 11 is 0. The molecule has 1 fully saturated rings. The maximum absolute atomic E-state index is 11.9. The first kappa shape index (κ1) is 10.6. The minimum atomic E-state index is -0.312. The Labute approximate surface area is 100 Å². The van der Waals surface area contributed by atoms with Crippen molar-refractivity contribution < 1.29 is 9.90 Å². The third-order valence-corrected chi connectivity index (χ3v) is 3.58. The molecule has 0 aliphatic carbocycles. The zero-order valence-corrected chi connectivity index (χ0v) is 9.60. The molecule has 2 N–H and O–H groups in total. The highest BCUT2D eigenvalue weighted by Gasteiger charge is 2.32. The number of para-hydroxylation sites is 1. The first-order valence-electron chi connectivity index (χ1n) is 6.02. The maximum atomic E-state index is 11.9. The number of fused-ring (bicyclic) bond motifs is 1. The summed E-state index contributed by atoms with van der Waals surface area (Å²) in [5.41, 5.74) is 2.39. The topological polar surface area (TPSA) is 52.6 Å². The normalized spacial score (nSPS) is 22.9. The van der Waals surface area contributed by atoms with Crippen LogP contribution in [0.1, 0.15) is 17.9 Å². The molecule has 1 unspecified atom stereocenters. The molecule has 0 spiro atoms. The third kappa shape index (κ3) is 1.89. The van der Waals surface area contributed by atoms with Gasteiger partial charge in [-0.1, -0.05) is 18.2 Å². The Hall–Kier alpha value is -1.55. The number of carbonyl (C=O) groups excluding carboxylic acids is 1. The molecule has 90 valence electrons. The zero-order chi connectivity index (χ0) is 11.8. The molecule has 0 aromatic heterocycles. The number of β-amino-alcohol motifs (C(OH)–C–C–N with tert-alkyl or cyclic N) is 1. The fourth-order valence-electron chi connectivity index (χ4n) is 2.54. The van der Waals surface area contributed by atoms with Gasteiger partial charge in [0.25, 0.3) is 0 Å². The molecule has 2 heterocycles. The average Bonchev–Trinajstić information content (AvgIpc) is 2.69. The van der Waals surface area contributed by atoms with Gasteiger partial charge in [0.15, 0.2) is 0 Å². The number of benzene rings is 1. The third-order valence-electron chi connectivity index (χ3n) is 3.58. The van der Waals surface area contributed by atoms with Gasteiger partial charge in [-0.25, -0.2) is 0 Å². The van der Waals surface area contributed by atoms with Crippen LogP contribution in [0.5, 0.6) is 0 Å². The number of likely N-dealkylation sites (tertiary alicyclic amines) is 1. The van der Waals surface area contributed by atoms with Gasteiger partial charge in [-0.05, 0) is 11.6 Å². The van der Waals surface area contributed by atoms with Crippen LogP contribution in [-0.4, -0.2) is 41.7 Å². The lowest BCUT2D eigenvalue weighted by Gasteiger charge is -2.36. The summed E-state index contributed by atoms with van der Waals surface area (Å²) < 4.78 is 0. The van der Waals surface area contributed by atoms with E-state index in [-0.39, 0.29) is 17.9 Å². The first-order chi connectivity index (χ1) is 8.24. The van der Waals surface area contributed by atoms with E-state index in [4.69, 9.17) is 0 Å². The van der Waals surface area contributed by atoms with E-state index in [0.29, 0.717) is 19.5 Å². The molecule has 0 saturated carbocycles. The van der Waals surface area contributed by atoms with Gasteiger partial charge in [-0.2, -0.15) is 0 Å². The number of amides is 1. The van der Waals surface area contributed by atoms with Gasteiger partial charge < -0.3 is 15.3 Å². The monoisotopic (exact) mass is 232 g/mol. The smallest absolute Gasteiger partial charge is 0.223 e. The number of carbonyl (C=O) groups is 1. The lowest BCUT2D eigenvalue weighted by Crippen LogP contribution is -2.53. The first-order valence-corrected chi connectivity index (χ1v) is 6.02. The highest BCUT2D eigenvalue weighted by atomic mass is 16.3. The maximum Gasteiger partial charge on any atom is 0.223 e. The largest absolute Gasteiger partial charge is 0.389 e. The number of anilines is 1. The number of aliphatic hydroxyl groups excluding tert-OH is 1. The standard InChI is InChI=1S/C13H16N2O2/c16-10-7-15(8-10)13(17)5-9-6-14-12-4-2-1-3-11(9)12/h1-4,9-10,14,16H,5-8H2. The molecule has 4 heteroatoms. The van der Waals surface area contributed by atoms with Crippen LogP contribution >= 0.6 is 0 Å². The number of aliphatic hydroxyl groups is 1. The summed E-state index contributed by atoms with van der Waals surface area (Å²) in [5, 5.41) is 12.5. The van der Waals surface area contributed by atoms with Gasteiger partial charge >= 0.3 is 0 Å². The molecular weight excluding hydrogens is 216 g/mol. The second-order valence-corrected chi connectivity index (χ2v) is 4.82. The van der Waals surface area contributed by atoms with E-state index in [2.05, 4.69) is 11.4 Å². The van der Waals surface area contributed by atoms with Gasteiger partial charge in [0.05, 0.1) is 6.10 Å². The Balaban J connectivity index is 1.65. The molecular formula is C13H16N2O2. The predicted octanol–water partition coefficient (Wildman–Crippen LogP) is 0.789. The molecule has 2 aliphatic heterocycles. The lowest BCUT2D eigenvalue weighted by molar-refractivity contribution is -0.141. The van der Waals surface area contributed by atoms with E-state index in [1.807, 2.05) is 18.2 Å². The Morgan fingerprint density at radius 3 is 2.94 bits per heavy atom. The van der Waals surface area contributed by atoms with E-state index in [1.54, 1.807) is 4.90 Å². The Morgan fingerprint density at radius 2 is 2.18 bits per heavy atom. The number of rotatable bonds is 2.